The Balaban J connectivity index is 3.97. The van der Waals surface area contributed by atoms with Gasteiger partial charge in [0, 0.05) is 6.42 Å². The molecule has 0 aliphatic rings. The predicted octanol–water partition coefficient (Wildman–Crippen LogP) is 14.2. The summed E-state index contributed by atoms with van der Waals surface area (Å²) in [6.07, 6.45) is 46.7. The van der Waals surface area contributed by atoms with Crippen LogP contribution in [0.3, 0.4) is 0 Å². The number of esters is 1. The first-order valence-corrected chi connectivity index (χ1v) is 21.0. The lowest BCUT2D eigenvalue weighted by molar-refractivity contribution is -0.150. The molecule has 0 aliphatic carbocycles. The van der Waals surface area contributed by atoms with Gasteiger partial charge in [-0.25, -0.2) is 0 Å². The van der Waals surface area contributed by atoms with Gasteiger partial charge in [0.25, 0.3) is 0 Å². The van der Waals surface area contributed by atoms with E-state index in [2.05, 4.69) is 51.9 Å². The van der Waals surface area contributed by atoms with Crippen molar-refractivity contribution in [2.45, 2.75) is 232 Å². The molecule has 46 heavy (non-hydrogen) atoms. The molecular weight excluding hydrogens is 562 g/mol. The summed E-state index contributed by atoms with van der Waals surface area (Å²) in [5.41, 5.74) is 0. The second kappa shape index (κ2) is 37.0. The number of unbranched alkanes of at least 4 members (excludes halogenated alkanes) is 23. The molecule has 2 unspecified atom stereocenters. The molecule has 0 amide bonds. The van der Waals surface area contributed by atoms with Crippen LogP contribution in [0, 0.1) is 5.92 Å². The first-order valence-electron chi connectivity index (χ1n) is 21.0. The minimum absolute atomic E-state index is 0.0215. The Morgan fingerprint density at radius 3 is 1.41 bits per heavy atom. The highest BCUT2D eigenvalue weighted by Crippen LogP contribution is 2.20. The van der Waals surface area contributed by atoms with Gasteiger partial charge in [-0.15, -0.1) is 0 Å². The fourth-order valence-corrected chi connectivity index (χ4v) is 6.62. The van der Waals surface area contributed by atoms with Crippen LogP contribution < -0.4 is 0 Å². The highest BCUT2D eigenvalue weighted by molar-refractivity contribution is 5.69. The fraction of sp³-hybridized carbons (Fsp3) is 0.930. The van der Waals surface area contributed by atoms with E-state index in [1.165, 1.54) is 180 Å². The maximum Gasteiger partial charge on any atom is 0.306 e. The van der Waals surface area contributed by atoms with Crippen molar-refractivity contribution in [1.29, 1.82) is 0 Å². The molecule has 0 aliphatic heterocycles. The van der Waals surface area contributed by atoms with Crippen molar-refractivity contribution in [2.75, 3.05) is 20.6 Å². The molecule has 0 rings (SSSR count). The van der Waals surface area contributed by atoms with Crippen LogP contribution in [-0.4, -0.2) is 37.6 Å². The minimum Gasteiger partial charge on any atom is -0.462 e. The van der Waals surface area contributed by atoms with Crippen molar-refractivity contribution in [3.63, 3.8) is 0 Å². The van der Waals surface area contributed by atoms with Crippen molar-refractivity contribution in [1.82, 2.24) is 4.90 Å². The highest BCUT2D eigenvalue weighted by atomic mass is 16.5. The van der Waals surface area contributed by atoms with Crippen molar-refractivity contribution in [3.8, 4) is 0 Å². The monoisotopic (exact) mass is 648 g/mol. The van der Waals surface area contributed by atoms with Crippen LogP contribution in [0.1, 0.15) is 226 Å². The van der Waals surface area contributed by atoms with Gasteiger partial charge in [0.15, 0.2) is 0 Å². The number of hydrogen-bond donors (Lipinski definition) is 0. The molecule has 0 aromatic rings. The molecule has 274 valence electrons. The number of ether oxygens (including phenoxy) is 1. The van der Waals surface area contributed by atoms with Gasteiger partial charge in [-0.05, 0) is 77.9 Å². The number of rotatable bonds is 37. The molecular formula is C43H85NO2. The van der Waals surface area contributed by atoms with Crippen molar-refractivity contribution < 1.29 is 9.53 Å². The Labute approximate surface area is 290 Å². The zero-order chi connectivity index (χ0) is 33.8. The van der Waals surface area contributed by atoms with Crippen LogP contribution >= 0.6 is 0 Å². The van der Waals surface area contributed by atoms with Gasteiger partial charge in [-0.3, -0.25) is 4.79 Å². The third-order valence-corrected chi connectivity index (χ3v) is 9.82. The van der Waals surface area contributed by atoms with E-state index in [9.17, 15) is 4.79 Å². The average Bonchev–Trinajstić information content (AvgIpc) is 3.03. The summed E-state index contributed by atoms with van der Waals surface area (Å²) in [5.74, 6) is 0.841. The number of allylic oxidation sites excluding steroid dienone is 2. The van der Waals surface area contributed by atoms with Crippen LogP contribution in [0.2, 0.25) is 0 Å². The van der Waals surface area contributed by atoms with E-state index >= 15 is 0 Å². The van der Waals surface area contributed by atoms with E-state index in [0.29, 0.717) is 6.42 Å². The first kappa shape index (κ1) is 45.2. The summed E-state index contributed by atoms with van der Waals surface area (Å²) < 4.78 is 6.02. The zero-order valence-corrected chi connectivity index (χ0v) is 32.4. The van der Waals surface area contributed by atoms with Crippen LogP contribution in [0.25, 0.3) is 0 Å². The molecule has 0 saturated heterocycles. The molecule has 3 nitrogen and oxygen atoms in total. The smallest absolute Gasteiger partial charge is 0.306 e. The summed E-state index contributed by atoms with van der Waals surface area (Å²) in [4.78, 5) is 14.7. The lowest BCUT2D eigenvalue weighted by Crippen LogP contribution is -2.20. The Hall–Kier alpha value is -0.830. The Morgan fingerprint density at radius 2 is 0.957 bits per heavy atom. The quantitative estimate of drug-likeness (QED) is 0.0382. The lowest BCUT2D eigenvalue weighted by atomic mass is 9.98. The molecule has 0 radical (unpaired) electrons. The topological polar surface area (TPSA) is 29.5 Å². The van der Waals surface area contributed by atoms with Gasteiger partial charge in [0.2, 0.25) is 0 Å². The molecule has 2 atom stereocenters. The van der Waals surface area contributed by atoms with Crippen LogP contribution in [0.15, 0.2) is 12.2 Å². The third kappa shape index (κ3) is 36.0. The summed E-state index contributed by atoms with van der Waals surface area (Å²) in [6.45, 7) is 7.94. The average molecular weight is 648 g/mol. The van der Waals surface area contributed by atoms with E-state index in [4.69, 9.17) is 4.74 Å². The first-order chi connectivity index (χ1) is 22.5. The number of nitrogens with zero attached hydrogens (tertiary/aromatic N) is 1. The molecule has 0 heterocycles. The van der Waals surface area contributed by atoms with Gasteiger partial charge in [-0.1, -0.05) is 181 Å². The second-order valence-corrected chi connectivity index (χ2v) is 15.1. The van der Waals surface area contributed by atoms with Gasteiger partial charge in [0.1, 0.15) is 6.10 Å². The Bertz CT molecular complexity index is 630. The Kier molecular flexibility index (Phi) is 36.3. The lowest BCUT2D eigenvalue weighted by Gasteiger charge is -2.18. The van der Waals surface area contributed by atoms with E-state index in [1.807, 2.05) is 0 Å². The minimum atomic E-state index is 0.0215. The number of carbonyl (C=O) groups excluding carboxylic acids is 1. The van der Waals surface area contributed by atoms with Gasteiger partial charge in [0.05, 0.1) is 0 Å². The predicted molar refractivity (Wildman–Crippen MR) is 206 cm³/mol. The van der Waals surface area contributed by atoms with E-state index in [1.54, 1.807) is 0 Å². The standard InChI is InChI=1S/C43H85NO2/c1-6-8-10-12-14-15-16-17-18-19-20-21-22-23-28-32-37-42(46-43(45)39-34-40-44(4)5)38-33-29-25-24-27-31-36-41(3)35-30-26-13-11-9-7-2/h26,30,41-42H,6-25,27-29,31-40H2,1-5H3/b30-26-. The third-order valence-electron chi connectivity index (χ3n) is 9.82. The highest BCUT2D eigenvalue weighted by Gasteiger charge is 2.14. The Morgan fingerprint density at radius 1 is 0.543 bits per heavy atom. The maximum atomic E-state index is 12.5. The van der Waals surface area contributed by atoms with Crippen LogP contribution in [-0.2, 0) is 9.53 Å². The van der Waals surface area contributed by atoms with Crippen molar-refractivity contribution in [2.24, 2.45) is 5.92 Å². The van der Waals surface area contributed by atoms with E-state index in [-0.39, 0.29) is 12.1 Å². The summed E-state index contributed by atoms with van der Waals surface area (Å²) in [7, 11) is 4.14. The molecule has 0 N–H and O–H groups in total. The summed E-state index contributed by atoms with van der Waals surface area (Å²) in [6, 6.07) is 0. The summed E-state index contributed by atoms with van der Waals surface area (Å²) in [5, 5.41) is 0. The molecule has 0 aromatic heterocycles. The normalized spacial score (nSPS) is 13.2. The molecule has 0 spiro atoms. The number of hydrogen-bond acceptors (Lipinski definition) is 3. The number of carbonyl (C=O) groups is 1. The van der Waals surface area contributed by atoms with E-state index < -0.39 is 0 Å². The van der Waals surface area contributed by atoms with Crippen LogP contribution in [0.4, 0.5) is 0 Å². The second-order valence-electron chi connectivity index (χ2n) is 15.1. The molecule has 0 aromatic carbocycles. The molecule has 0 fully saturated rings. The van der Waals surface area contributed by atoms with Gasteiger partial charge in [-0.2, -0.15) is 0 Å². The summed E-state index contributed by atoms with van der Waals surface area (Å²) >= 11 is 0. The largest absolute Gasteiger partial charge is 0.462 e. The van der Waals surface area contributed by atoms with Crippen LogP contribution in [0.5, 0.6) is 0 Å². The SMILES string of the molecule is CCCCC/C=C\CC(C)CCCCCCCCC(CCCCCCCCCCCCCCCCCC)OC(=O)CCCN(C)C. The van der Waals surface area contributed by atoms with E-state index in [0.717, 1.165) is 31.7 Å². The van der Waals surface area contributed by atoms with Gasteiger partial charge < -0.3 is 9.64 Å². The molecule has 0 bridgehead atoms. The molecule has 0 saturated carbocycles. The maximum absolute atomic E-state index is 12.5. The molecule has 3 heteroatoms. The van der Waals surface area contributed by atoms with Crippen molar-refractivity contribution >= 4 is 5.97 Å². The fourth-order valence-electron chi connectivity index (χ4n) is 6.62. The zero-order valence-electron chi connectivity index (χ0n) is 32.4. The van der Waals surface area contributed by atoms with Gasteiger partial charge >= 0.3 is 5.97 Å². The van der Waals surface area contributed by atoms with Crippen molar-refractivity contribution in [3.05, 3.63) is 12.2 Å².